The van der Waals surface area contributed by atoms with E-state index in [1.165, 1.54) is 0 Å². The zero-order valence-corrected chi connectivity index (χ0v) is 11.1. The highest BCUT2D eigenvalue weighted by Gasteiger charge is 1.99. The smallest absolute Gasteiger partial charge is 0.212 e. The van der Waals surface area contributed by atoms with Crippen molar-refractivity contribution in [2.24, 2.45) is 0 Å². The van der Waals surface area contributed by atoms with Crippen molar-refractivity contribution in [3.05, 3.63) is 36.3 Å². The fourth-order valence-electron chi connectivity index (χ4n) is 1.55. The Hall–Kier alpha value is -2.37. The first-order valence-corrected chi connectivity index (χ1v) is 6.10. The fraction of sp³-hybridized carbons (Fsp3) is 0.308. The Kier molecular flexibility index (Phi) is 4.49. The van der Waals surface area contributed by atoms with E-state index in [1.807, 2.05) is 19.1 Å². The molecule has 0 aliphatic carbocycles. The molecule has 2 heterocycles. The Bertz CT molecular complexity index is 515. The summed E-state index contributed by atoms with van der Waals surface area (Å²) in [6.07, 6.45) is 5.16. The van der Waals surface area contributed by atoms with Gasteiger partial charge in [0.2, 0.25) is 5.88 Å². The summed E-state index contributed by atoms with van der Waals surface area (Å²) < 4.78 is 5.01. The van der Waals surface area contributed by atoms with Crippen LogP contribution in [0.25, 0.3) is 0 Å². The normalized spacial score (nSPS) is 10.0. The molecule has 100 valence electrons. The molecule has 0 unspecified atom stereocenters. The Morgan fingerprint density at radius 2 is 1.89 bits per heavy atom. The summed E-state index contributed by atoms with van der Waals surface area (Å²) in [4.78, 5) is 12.6. The van der Waals surface area contributed by atoms with E-state index >= 15 is 0 Å². The van der Waals surface area contributed by atoms with Crippen molar-refractivity contribution in [3.63, 3.8) is 0 Å². The molecule has 0 bridgehead atoms. The standard InChI is InChI=1S/C13H17N5O/c1-3-15-11-8-14-9-12(18-11)16-6-10-4-5-13(19-2)17-7-10/h4-5,7-9H,3,6H2,1-2H3,(H2,15,16,18). The van der Waals surface area contributed by atoms with Gasteiger partial charge in [0, 0.05) is 25.4 Å². The van der Waals surface area contributed by atoms with Gasteiger partial charge in [0.15, 0.2) is 0 Å². The number of pyridine rings is 1. The second kappa shape index (κ2) is 6.53. The molecule has 0 radical (unpaired) electrons. The van der Waals surface area contributed by atoms with Gasteiger partial charge in [-0.1, -0.05) is 6.07 Å². The van der Waals surface area contributed by atoms with Crippen molar-refractivity contribution in [1.82, 2.24) is 15.0 Å². The summed E-state index contributed by atoms with van der Waals surface area (Å²) in [6, 6.07) is 3.79. The quantitative estimate of drug-likeness (QED) is 0.826. The number of nitrogens with one attached hydrogen (secondary N) is 2. The summed E-state index contributed by atoms with van der Waals surface area (Å²) in [6.45, 7) is 3.48. The van der Waals surface area contributed by atoms with Gasteiger partial charge in [-0.25, -0.2) is 9.97 Å². The van der Waals surface area contributed by atoms with Crippen molar-refractivity contribution in [3.8, 4) is 5.88 Å². The molecule has 6 nitrogen and oxygen atoms in total. The first-order valence-electron chi connectivity index (χ1n) is 6.10. The van der Waals surface area contributed by atoms with Crippen LogP contribution in [0.4, 0.5) is 11.6 Å². The molecule has 0 saturated carbocycles. The van der Waals surface area contributed by atoms with Crippen LogP contribution in [0, 0.1) is 0 Å². The van der Waals surface area contributed by atoms with E-state index in [4.69, 9.17) is 4.74 Å². The molecule has 0 aromatic carbocycles. The van der Waals surface area contributed by atoms with E-state index in [9.17, 15) is 0 Å². The van der Waals surface area contributed by atoms with Gasteiger partial charge in [-0.15, -0.1) is 0 Å². The van der Waals surface area contributed by atoms with Crippen LogP contribution in [0.1, 0.15) is 12.5 Å². The first kappa shape index (κ1) is 13.1. The number of aromatic nitrogens is 3. The Morgan fingerprint density at radius 1 is 1.11 bits per heavy atom. The maximum absolute atomic E-state index is 5.01. The average Bonchev–Trinajstić information content (AvgIpc) is 2.46. The van der Waals surface area contributed by atoms with E-state index in [0.29, 0.717) is 12.4 Å². The van der Waals surface area contributed by atoms with Gasteiger partial charge in [-0.05, 0) is 12.5 Å². The molecule has 0 aliphatic rings. The van der Waals surface area contributed by atoms with Gasteiger partial charge in [-0.3, -0.25) is 4.98 Å². The molecule has 2 N–H and O–H groups in total. The van der Waals surface area contributed by atoms with E-state index in [2.05, 4.69) is 25.6 Å². The van der Waals surface area contributed by atoms with Crippen LogP contribution in [-0.4, -0.2) is 28.6 Å². The molecule has 0 spiro atoms. The first-order chi connectivity index (χ1) is 9.31. The third-order valence-corrected chi connectivity index (χ3v) is 2.47. The van der Waals surface area contributed by atoms with Crippen LogP contribution in [-0.2, 0) is 6.54 Å². The van der Waals surface area contributed by atoms with Crippen molar-refractivity contribution < 1.29 is 4.74 Å². The number of ether oxygens (including phenoxy) is 1. The molecule has 19 heavy (non-hydrogen) atoms. The predicted molar refractivity (Wildman–Crippen MR) is 74.3 cm³/mol. The third kappa shape index (κ3) is 3.80. The van der Waals surface area contributed by atoms with E-state index in [0.717, 1.165) is 23.7 Å². The molecule has 0 atom stereocenters. The summed E-state index contributed by atoms with van der Waals surface area (Å²) in [5.41, 5.74) is 1.05. The highest BCUT2D eigenvalue weighted by molar-refractivity contribution is 5.41. The molecular formula is C13H17N5O. The fourth-order valence-corrected chi connectivity index (χ4v) is 1.55. The predicted octanol–water partition coefficient (Wildman–Crippen LogP) is 1.92. The van der Waals surface area contributed by atoms with Crippen molar-refractivity contribution in [2.45, 2.75) is 13.5 Å². The number of nitrogens with zero attached hydrogens (tertiary/aromatic N) is 3. The second-order valence-corrected chi connectivity index (χ2v) is 3.88. The van der Waals surface area contributed by atoms with Gasteiger partial charge >= 0.3 is 0 Å². The molecule has 2 rings (SSSR count). The van der Waals surface area contributed by atoms with Crippen LogP contribution >= 0.6 is 0 Å². The molecule has 2 aromatic rings. The Morgan fingerprint density at radius 3 is 2.53 bits per heavy atom. The second-order valence-electron chi connectivity index (χ2n) is 3.88. The Balaban J connectivity index is 1.95. The highest BCUT2D eigenvalue weighted by Crippen LogP contribution is 2.10. The monoisotopic (exact) mass is 259 g/mol. The van der Waals surface area contributed by atoms with Crippen LogP contribution < -0.4 is 15.4 Å². The number of rotatable bonds is 6. The van der Waals surface area contributed by atoms with E-state index in [-0.39, 0.29) is 0 Å². The van der Waals surface area contributed by atoms with E-state index < -0.39 is 0 Å². The summed E-state index contributed by atoms with van der Waals surface area (Å²) >= 11 is 0. The SMILES string of the molecule is CCNc1cncc(NCc2ccc(OC)nc2)n1. The lowest BCUT2D eigenvalue weighted by Gasteiger charge is -2.07. The van der Waals surface area contributed by atoms with Gasteiger partial charge in [0.25, 0.3) is 0 Å². The van der Waals surface area contributed by atoms with Gasteiger partial charge < -0.3 is 15.4 Å². The molecule has 6 heteroatoms. The minimum absolute atomic E-state index is 0.609. The van der Waals surface area contributed by atoms with Crippen LogP contribution in [0.2, 0.25) is 0 Å². The maximum Gasteiger partial charge on any atom is 0.212 e. The zero-order valence-electron chi connectivity index (χ0n) is 11.1. The minimum atomic E-state index is 0.609. The van der Waals surface area contributed by atoms with Gasteiger partial charge in [-0.2, -0.15) is 0 Å². The van der Waals surface area contributed by atoms with Crippen molar-refractivity contribution in [2.75, 3.05) is 24.3 Å². The van der Waals surface area contributed by atoms with Crippen LogP contribution in [0.3, 0.4) is 0 Å². The number of hydrogen-bond donors (Lipinski definition) is 2. The van der Waals surface area contributed by atoms with Crippen LogP contribution in [0.15, 0.2) is 30.7 Å². The number of hydrogen-bond acceptors (Lipinski definition) is 6. The average molecular weight is 259 g/mol. The lowest BCUT2D eigenvalue weighted by Crippen LogP contribution is -2.05. The third-order valence-electron chi connectivity index (χ3n) is 2.47. The summed E-state index contributed by atoms with van der Waals surface area (Å²) in [5.74, 6) is 2.10. The Labute approximate surface area is 112 Å². The van der Waals surface area contributed by atoms with E-state index in [1.54, 1.807) is 25.7 Å². The molecule has 0 fully saturated rings. The zero-order chi connectivity index (χ0) is 13.5. The topological polar surface area (TPSA) is 72.0 Å². The molecule has 0 saturated heterocycles. The summed E-state index contributed by atoms with van der Waals surface area (Å²) in [7, 11) is 1.60. The molecule has 2 aromatic heterocycles. The number of methoxy groups -OCH3 is 1. The van der Waals surface area contributed by atoms with Gasteiger partial charge in [0.1, 0.15) is 11.6 Å². The number of anilines is 2. The lowest BCUT2D eigenvalue weighted by atomic mass is 10.3. The van der Waals surface area contributed by atoms with Gasteiger partial charge in [0.05, 0.1) is 19.5 Å². The molecule has 0 aliphatic heterocycles. The molecule has 0 amide bonds. The van der Waals surface area contributed by atoms with Crippen LogP contribution in [0.5, 0.6) is 5.88 Å². The maximum atomic E-state index is 5.01. The summed E-state index contributed by atoms with van der Waals surface area (Å²) in [5, 5.41) is 6.32. The minimum Gasteiger partial charge on any atom is -0.481 e. The largest absolute Gasteiger partial charge is 0.481 e. The van der Waals surface area contributed by atoms with Crippen molar-refractivity contribution >= 4 is 11.6 Å². The van der Waals surface area contributed by atoms with Crippen molar-refractivity contribution in [1.29, 1.82) is 0 Å². The highest BCUT2D eigenvalue weighted by atomic mass is 16.5. The lowest BCUT2D eigenvalue weighted by molar-refractivity contribution is 0.397. The molecular weight excluding hydrogens is 242 g/mol.